The smallest absolute Gasteiger partial charge is 0.319 e. The Kier molecular flexibility index (Phi) is 4.68. The molecule has 0 aromatic heterocycles. The lowest BCUT2D eigenvalue weighted by atomic mass is 10.3. The summed E-state index contributed by atoms with van der Waals surface area (Å²) < 4.78 is 0. The standard InChI is InChI=1S/C13H13Cl2N5O2/c1-6(2)20-11(22)10(21)18-13(20)19-12(16)17-7-3-4-8(14)9(15)5-7/h3-6H,1-2H3,(H3,16,17,18,19,21). The molecule has 0 bridgehead atoms. The van der Waals surface area contributed by atoms with Crippen LogP contribution in [0, 0.1) is 5.41 Å². The maximum atomic E-state index is 11.7. The van der Waals surface area contributed by atoms with E-state index >= 15 is 0 Å². The monoisotopic (exact) mass is 341 g/mol. The van der Waals surface area contributed by atoms with Crippen LogP contribution >= 0.6 is 23.2 Å². The van der Waals surface area contributed by atoms with Crippen molar-refractivity contribution in [3.63, 3.8) is 0 Å². The maximum Gasteiger partial charge on any atom is 0.319 e. The number of nitrogens with zero attached hydrogens (tertiary/aromatic N) is 2. The minimum Gasteiger partial charge on any atom is -0.325 e. The molecule has 1 aromatic rings. The SMILES string of the molecule is CC(C)N1C(=O)C(=O)N/C1=N/C(=N)Nc1ccc(Cl)c(Cl)c1. The zero-order valence-corrected chi connectivity index (χ0v) is 13.3. The minimum atomic E-state index is -0.769. The van der Waals surface area contributed by atoms with Gasteiger partial charge in [0.15, 0.2) is 0 Å². The fraction of sp³-hybridized carbons (Fsp3) is 0.231. The van der Waals surface area contributed by atoms with Gasteiger partial charge in [-0.1, -0.05) is 23.2 Å². The van der Waals surface area contributed by atoms with Crippen LogP contribution in [0.3, 0.4) is 0 Å². The van der Waals surface area contributed by atoms with Crippen LogP contribution in [0.1, 0.15) is 13.8 Å². The van der Waals surface area contributed by atoms with Gasteiger partial charge in [0.05, 0.1) is 10.0 Å². The maximum absolute atomic E-state index is 11.7. The summed E-state index contributed by atoms with van der Waals surface area (Å²) >= 11 is 11.7. The summed E-state index contributed by atoms with van der Waals surface area (Å²) in [6.07, 6.45) is 0. The molecule has 1 heterocycles. The normalized spacial score (nSPS) is 16.4. The molecule has 7 nitrogen and oxygen atoms in total. The Labute approximate surface area is 136 Å². The number of aliphatic imine (C=N–C) groups is 1. The predicted octanol–water partition coefficient (Wildman–Crippen LogP) is 2.06. The van der Waals surface area contributed by atoms with Gasteiger partial charge in [-0.05, 0) is 32.0 Å². The van der Waals surface area contributed by atoms with E-state index in [-0.39, 0.29) is 18.0 Å². The van der Waals surface area contributed by atoms with Crippen LogP contribution in [-0.2, 0) is 9.59 Å². The summed E-state index contributed by atoms with van der Waals surface area (Å²) in [5.74, 6) is -1.71. The summed E-state index contributed by atoms with van der Waals surface area (Å²) in [6.45, 7) is 3.48. The second-order valence-electron chi connectivity index (χ2n) is 4.76. The van der Waals surface area contributed by atoms with Gasteiger partial charge >= 0.3 is 11.8 Å². The highest BCUT2D eigenvalue weighted by molar-refractivity contribution is 6.46. The molecular weight excluding hydrogens is 329 g/mol. The molecular formula is C13H13Cl2N5O2. The molecule has 2 amide bonds. The van der Waals surface area contributed by atoms with E-state index in [0.717, 1.165) is 0 Å². The number of hydrogen-bond acceptors (Lipinski definition) is 3. The van der Waals surface area contributed by atoms with E-state index < -0.39 is 11.8 Å². The van der Waals surface area contributed by atoms with Gasteiger partial charge in [-0.25, -0.2) is 0 Å². The van der Waals surface area contributed by atoms with Crippen LogP contribution in [0.5, 0.6) is 0 Å². The van der Waals surface area contributed by atoms with E-state index in [4.69, 9.17) is 28.6 Å². The van der Waals surface area contributed by atoms with E-state index in [1.807, 2.05) is 0 Å². The van der Waals surface area contributed by atoms with Crippen LogP contribution in [-0.4, -0.2) is 34.7 Å². The second-order valence-corrected chi connectivity index (χ2v) is 5.58. The Hall–Kier alpha value is -2.12. The first kappa shape index (κ1) is 16.3. The van der Waals surface area contributed by atoms with E-state index in [9.17, 15) is 9.59 Å². The Balaban J connectivity index is 2.17. The van der Waals surface area contributed by atoms with E-state index in [1.165, 1.54) is 11.0 Å². The Morgan fingerprint density at radius 2 is 2.00 bits per heavy atom. The number of nitrogens with one attached hydrogen (secondary N) is 3. The molecule has 1 fully saturated rings. The molecule has 9 heteroatoms. The van der Waals surface area contributed by atoms with Crippen LogP contribution in [0.25, 0.3) is 0 Å². The highest BCUT2D eigenvalue weighted by Crippen LogP contribution is 2.25. The highest BCUT2D eigenvalue weighted by Gasteiger charge is 2.37. The largest absolute Gasteiger partial charge is 0.325 e. The zero-order valence-electron chi connectivity index (χ0n) is 11.8. The van der Waals surface area contributed by atoms with Gasteiger partial charge in [-0.2, -0.15) is 4.99 Å². The number of amides is 2. The molecule has 2 rings (SSSR count). The number of guanidine groups is 2. The van der Waals surface area contributed by atoms with E-state index in [1.54, 1.807) is 26.0 Å². The number of carbonyl (C=O) groups excluding carboxylic acids is 2. The first-order valence-corrected chi connectivity index (χ1v) is 7.09. The van der Waals surface area contributed by atoms with Gasteiger partial charge in [0.25, 0.3) is 0 Å². The van der Waals surface area contributed by atoms with Gasteiger partial charge in [0.2, 0.25) is 11.9 Å². The molecule has 0 atom stereocenters. The lowest BCUT2D eigenvalue weighted by molar-refractivity contribution is -0.140. The number of rotatable bonds is 2. The molecule has 1 aliphatic heterocycles. The quantitative estimate of drug-likeness (QED) is 0.436. The molecule has 0 unspecified atom stereocenters. The summed E-state index contributed by atoms with van der Waals surface area (Å²) in [6, 6.07) is 4.48. The molecule has 22 heavy (non-hydrogen) atoms. The summed E-state index contributed by atoms with van der Waals surface area (Å²) in [5.41, 5.74) is 0.510. The zero-order chi connectivity index (χ0) is 16.4. The number of anilines is 1. The van der Waals surface area contributed by atoms with Crippen molar-refractivity contribution in [1.29, 1.82) is 5.41 Å². The molecule has 1 aromatic carbocycles. The van der Waals surface area contributed by atoms with Crippen molar-refractivity contribution in [3.8, 4) is 0 Å². The molecule has 1 saturated heterocycles. The molecule has 0 radical (unpaired) electrons. The number of halogens is 2. The van der Waals surface area contributed by atoms with Crippen LogP contribution in [0.2, 0.25) is 10.0 Å². The Morgan fingerprint density at radius 3 is 2.59 bits per heavy atom. The second kappa shape index (κ2) is 6.33. The highest BCUT2D eigenvalue weighted by atomic mass is 35.5. The average molecular weight is 342 g/mol. The summed E-state index contributed by atoms with van der Waals surface area (Å²) in [4.78, 5) is 28.2. The topological polar surface area (TPSA) is 97.7 Å². The van der Waals surface area contributed by atoms with Crippen molar-refractivity contribution < 1.29 is 9.59 Å². The van der Waals surface area contributed by atoms with Gasteiger partial charge in [-0.15, -0.1) is 0 Å². The van der Waals surface area contributed by atoms with Crippen molar-refractivity contribution >= 4 is 52.6 Å². The molecule has 1 aliphatic rings. The van der Waals surface area contributed by atoms with Crippen LogP contribution in [0.15, 0.2) is 23.2 Å². The third kappa shape index (κ3) is 3.37. The lowest BCUT2D eigenvalue weighted by Gasteiger charge is -2.18. The average Bonchev–Trinajstić information content (AvgIpc) is 2.69. The van der Waals surface area contributed by atoms with Gasteiger partial charge < -0.3 is 5.32 Å². The Bertz CT molecular complexity index is 687. The van der Waals surface area contributed by atoms with Gasteiger partial charge in [0, 0.05) is 11.7 Å². The number of benzene rings is 1. The third-order valence-corrected chi connectivity index (χ3v) is 3.52. The first-order chi connectivity index (χ1) is 10.3. The van der Waals surface area contributed by atoms with E-state index in [0.29, 0.717) is 15.7 Å². The van der Waals surface area contributed by atoms with Crippen LogP contribution in [0.4, 0.5) is 5.69 Å². The lowest BCUT2D eigenvalue weighted by Crippen LogP contribution is -2.39. The van der Waals surface area contributed by atoms with Crippen LogP contribution < -0.4 is 10.6 Å². The Morgan fingerprint density at radius 1 is 1.32 bits per heavy atom. The predicted molar refractivity (Wildman–Crippen MR) is 85.4 cm³/mol. The first-order valence-electron chi connectivity index (χ1n) is 6.33. The molecule has 0 spiro atoms. The van der Waals surface area contributed by atoms with Crippen molar-refractivity contribution in [3.05, 3.63) is 28.2 Å². The third-order valence-electron chi connectivity index (χ3n) is 2.78. The van der Waals surface area contributed by atoms with Crippen molar-refractivity contribution in [2.24, 2.45) is 4.99 Å². The molecule has 3 N–H and O–H groups in total. The number of carbonyl (C=O) groups is 2. The van der Waals surface area contributed by atoms with Crippen molar-refractivity contribution in [2.75, 3.05) is 5.32 Å². The molecule has 0 aliphatic carbocycles. The van der Waals surface area contributed by atoms with Gasteiger partial charge in [-0.3, -0.25) is 25.2 Å². The summed E-state index contributed by atoms with van der Waals surface area (Å²) in [5, 5.41) is 13.6. The molecule has 116 valence electrons. The molecule has 0 saturated carbocycles. The van der Waals surface area contributed by atoms with Crippen molar-refractivity contribution in [1.82, 2.24) is 10.2 Å². The van der Waals surface area contributed by atoms with Gasteiger partial charge in [0.1, 0.15) is 0 Å². The summed E-state index contributed by atoms with van der Waals surface area (Å²) in [7, 11) is 0. The van der Waals surface area contributed by atoms with E-state index in [2.05, 4.69) is 15.6 Å². The van der Waals surface area contributed by atoms with Crippen molar-refractivity contribution in [2.45, 2.75) is 19.9 Å². The fourth-order valence-corrected chi connectivity index (χ4v) is 2.12. The number of hydrogen-bond donors (Lipinski definition) is 3. The fourth-order valence-electron chi connectivity index (χ4n) is 1.83. The minimum absolute atomic E-state index is 0.0163.